The first-order valence-corrected chi connectivity index (χ1v) is 5.89. The van der Waals surface area contributed by atoms with E-state index in [4.69, 9.17) is 20.7 Å². The number of aliphatic hydroxyl groups excluding tert-OH is 3. The minimum Gasteiger partial charge on any atom is -0.479 e. The molecule has 0 radical (unpaired) electrons. The van der Waals surface area contributed by atoms with Gasteiger partial charge in [0.15, 0.2) is 0 Å². The van der Waals surface area contributed by atoms with Gasteiger partial charge in [-0.1, -0.05) is 0 Å². The maximum absolute atomic E-state index is 11.1. The molecule has 20 heavy (non-hydrogen) atoms. The zero-order valence-corrected chi connectivity index (χ0v) is 10.8. The van der Waals surface area contributed by atoms with Gasteiger partial charge in [-0.3, -0.25) is 4.79 Å². The predicted molar refractivity (Wildman–Crippen MR) is 65.3 cm³/mol. The van der Waals surface area contributed by atoms with Crippen LogP contribution in [0.3, 0.4) is 0 Å². The summed E-state index contributed by atoms with van der Waals surface area (Å²) >= 11 is 0. The van der Waals surface area contributed by atoms with Gasteiger partial charge >= 0.3 is 5.97 Å². The maximum Gasteiger partial charge on any atom is 0.370 e. The topological polar surface area (TPSA) is 162 Å². The van der Waals surface area contributed by atoms with Crippen LogP contribution in [0.4, 0.5) is 0 Å². The SMILES string of the molecule is CC(=O)N[C@@H]1C=C(C(=O)O)O[C@@H]([C@H](O)[C@H](O)CO)[C@@H]1N. The van der Waals surface area contributed by atoms with E-state index in [0.717, 1.165) is 6.08 Å². The Morgan fingerprint density at radius 2 is 2.10 bits per heavy atom. The smallest absolute Gasteiger partial charge is 0.370 e. The molecule has 0 saturated carbocycles. The van der Waals surface area contributed by atoms with E-state index >= 15 is 0 Å². The molecule has 0 fully saturated rings. The fourth-order valence-corrected chi connectivity index (χ4v) is 1.86. The molecule has 0 spiro atoms. The number of aliphatic hydroxyl groups is 3. The number of carboxylic acid groups (broad SMARTS) is 1. The first-order valence-electron chi connectivity index (χ1n) is 5.89. The van der Waals surface area contributed by atoms with Gasteiger partial charge in [0.25, 0.3) is 0 Å². The fourth-order valence-electron chi connectivity index (χ4n) is 1.86. The number of amides is 1. The second kappa shape index (κ2) is 6.66. The molecule has 5 atom stereocenters. The molecular formula is C11H18N2O7. The van der Waals surface area contributed by atoms with Crippen LogP contribution in [-0.4, -0.2) is 69.3 Å². The summed E-state index contributed by atoms with van der Waals surface area (Å²) in [6.07, 6.45) is -3.32. The Morgan fingerprint density at radius 1 is 1.50 bits per heavy atom. The van der Waals surface area contributed by atoms with Crippen LogP contribution in [0.1, 0.15) is 6.92 Å². The molecule has 1 heterocycles. The van der Waals surface area contributed by atoms with Gasteiger partial charge in [0, 0.05) is 6.92 Å². The molecule has 9 nitrogen and oxygen atoms in total. The summed E-state index contributed by atoms with van der Waals surface area (Å²) in [6, 6.07) is -1.86. The van der Waals surface area contributed by atoms with Crippen LogP contribution < -0.4 is 11.1 Å². The van der Waals surface area contributed by atoms with E-state index in [1.165, 1.54) is 6.92 Å². The molecule has 0 unspecified atom stereocenters. The number of aliphatic carboxylic acids is 1. The Bertz CT molecular complexity index is 412. The highest BCUT2D eigenvalue weighted by Crippen LogP contribution is 2.21. The molecule has 1 rings (SSSR count). The van der Waals surface area contributed by atoms with Gasteiger partial charge in [0.1, 0.15) is 18.3 Å². The molecule has 1 amide bonds. The summed E-state index contributed by atoms with van der Waals surface area (Å²) in [6.45, 7) is 0.481. The molecule has 0 aliphatic carbocycles. The lowest BCUT2D eigenvalue weighted by atomic mass is 9.93. The number of hydrogen-bond donors (Lipinski definition) is 6. The highest BCUT2D eigenvalue weighted by Gasteiger charge is 2.41. The fraction of sp³-hybridized carbons (Fsp3) is 0.636. The van der Waals surface area contributed by atoms with Crippen molar-refractivity contribution in [2.24, 2.45) is 5.73 Å². The molecule has 7 N–H and O–H groups in total. The Kier molecular flexibility index (Phi) is 5.45. The van der Waals surface area contributed by atoms with Crippen molar-refractivity contribution in [3.8, 4) is 0 Å². The van der Waals surface area contributed by atoms with Crippen LogP contribution in [0.2, 0.25) is 0 Å². The van der Waals surface area contributed by atoms with Crippen molar-refractivity contribution in [1.82, 2.24) is 5.32 Å². The van der Waals surface area contributed by atoms with Crippen LogP contribution in [-0.2, 0) is 14.3 Å². The van der Waals surface area contributed by atoms with E-state index < -0.39 is 54.6 Å². The van der Waals surface area contributed by atoms with Crippen molar-refractivity contribution in [2.45, 2.75) is 37.3 Å². The molecule has 1 aliphatic rings. The lowest BCUT2D eigenvalue weighted by molar-refractivity contribution is -0.145. The number of nitrogens with one attached hydrogen (secondary N) is 1. The van der Waals surface area contributed by atoms with Crippen molar-refractivity contribution < 1.29 is 34.8 Å². The second-order valence-corrected chi connectivity index (χ2v) is 4.46. The van der Waals surface area contributed by atoms with Crippen molar-refractivity contribution >= 4 is 11.9 Å². The normalized spacial score (nSPS) is 28.9. The average Bonchev–Trinajstić information content (AvgIpc) is 2.38. The number of hydrogen-bond acceptors (Lipinski definition) is 7. The van der Waals surface area contributed by atoms with E-state index in [2.05, 4.69) is 5.32 Å². The van der Waals surface area contributed by atoms with Crippen molar-refractivity contribution in [1.29, 1.82) is 0 Å². The average molecular weight is 290 g/mol. The molecule has 9 heteroatoms. The Labute approximate surface area is 114 Å². The predicted octanol–water partition coefficient (Wildman–Crippen LogP) is -3.10. The van der Waals surface area contributed by atoms with E-state index in [9.17, 15) is 19.8 Å². The summed E-state index contributed by atoms with van der Waals surface area (Å²) in [5.41, 5.74) is 5.80. The first kappa shape index (κ1) is 16.4. The van der Waals surface area contributed by atoms with E-state index in [0.29, 0.717) is 0 Å². The summed E-state index contributed by atoms with van der Waals surface area (Å²) in [5.74, 6) is -2.34. The Morgan fingerprint density at radius 3 is 2.55 bits per heavy atom. The number of carbonyl (C=O) groups excluding carboxylic acids is 1. The van der Waals surface area contributed by atoms with Crippen molar-refractivity contribution in [3.63, 3.8) is 0 Å². The number of nitrogens with two attached hydrogens (primary N) is 1. The molecular weight excluding hydrogens is 272 g/mol. The van der Waals surface area contributed by atoms with Gasteiger partial charge in [-0.05, 0) is 6.08 Å². The maximum atomic E-state index is 11.1. The van der Waals surface area contributed by atoms with E-state index in [1.54, 1.807) is 0 Å². The zero-order valence-electron chi connectivity index (χ0n) is 10.8. The molecule has 114 valence electrons. The summed E-state index contributed by atoms with van der Waals surface area (Å²) in [4.78, 5) is 22.0. The molecule has 0 bridgehead atoms. The second-order valence-electron chi connectivity index (χ2n) is 4.46. The standard InChI is InChI=1S/C11H18N2O7/c1-4(15)13-5-2-7(11(18)19)20-10(8(5)12)9(17)6(16)3-14/h2,5-6,8-10,14,16-17H,3,12H2,1H3,(H,13,15)(H,18,19)/t5-,6-,8-,9-,10-/m1/s1. The van der Waals surface area contributed by atoms with E-state index in [-0.39, 0.29) is 0 Å². The molecule has 0 aromatic carbocycles. The Balaban J connectivity index is 3.00. The summed E-state index contributed by atoms with van der Waals surface area (Å²) < 4.78 is 5.02. The summed E-state index contributed by atoms with van der Waals surface area (Å²) in [7, 11) is 0. The zero-order chi connectivity index (χ0) is 15.4. The lowest BCUT2D eigenvalue weighted by Gasteiger charge is -2.37. The quantitative estimate of drug-likeness (QED) is 0.310. The minimum atomic E-state index is -1.60. The van der Waals surface area contributed by atoms with Gasteiger partial charge in [-0.2, -0.15) is 0 Å². The third-order valence-electron chi connectivity index (χ3n) is 2.89. The molecule has 0 aromatic heterocycles. The van der Waals surface area contributed by atoms with E-state index in [1.807, 2.05) is 0 Å². The van der Waals surface area contributed by atoms with Crippen LogP contribution in [0.25, 0.3) is 0 Å². The van der Waals surface area contributed by atoms with Gasteiger partial charge in [0.2, 0.25) is 11.7 Å². The van der Waals surface area contributed by atoms with Crippen LogP contribution in [0.15, 0.2) is 11.8 Å². The molecule has 0 aromatic rings. The Hall–Kier alpha value is -1.68. The minimum absolute atomic E-state index is 0.440. The number of ether oxygens (including phenoxy) is 1. The lowest BCUT2D eigenvalue weighted by Crippen LogP contribution is -2.61. The largest absolute Gasteiger partial charge is 0.479 e. The third kappa shape index (κ3) is 3.67. The first-order chi connectivity index (χ1) is 9.27. The number of rotatable bonds is 5. The third-order valence-corrected chi connectivity index (χ3v) is 2.89. The summed E-state index contributed by atoms with van der Waals surface area (Å²) in [5, 5.41) is 39.4. The van der Waals surface area contributed by atoms with Crippen molar-refractivity contribution in [3.05, 3.63) is 11.8 Å². The van der Waals surface area contributed by atoms with Gasteiger partial charge in [-0.15, -0.1) is 0 Å². The van der Waals surface area contributed by atoms with Gasteiger partial charge in [-0.25, -0.2) is 4.79 Å². The number of carbonyl (C=O) groups is 2. The van der Waals surface area contributed by atoms with Gasteiger partial charge in [0.05, 0.1) is 18.7 Å². The monoisotopic (exact) mass is 290 g/mol. The van der Waals surface area contributed by atoms with Crippen LogP contribution >= 0.6 is 0 Å². The number of carboxylic acids is 1. The van der Waals surface area contributed by atoms with Crippen molar-refractivity contribution in [2.75, 3.05) is 6.61 Å². The molecule has 1 aliphatic heterocycles. The molecule has 0 saturated heterocycles. The van der Waals surface area contributed by atoms with Crippen LogP contribution in [0, 0.1) is 0 Å². The van der Waals surface area contributed by atoms with Gasteiger partial charge < -0.3 is 36.2 Å². The highest BCUT2D eigenvalue weighted by molar-refractivity contribution is 5.85. The van der Waals surface area contributed by atoms with Crippen LogP contribution in [0.5, 0.6) is 0 Å². The highest BCUT2D eigenvalue weighted by atomic mass is 16.5.